The van der Waals surface area contributed by atoms with Gasteiger partial charge < -0.3 is 5.32 Å². The third-order valence-electron chi connectivity index (χ3n) is 3.92. The third-order valence-corrected chi connectivity index (χ3v) is 4.86. The van der Waals surface area contributed by atoms with Gasteiger partial charge in [-0.1, -0.05) is 29.8 Å². The smallest absolute Gasteiger partial charge is 0.123 e. The molecule has 5 heteroatoms. The molecule has 1 aliphatic rings. The molecule has 0 spiro atoms. The van der Waals surface area contributed by atoms with Crippen molar-refractivity contribution in [2.24, 2.45) is 0 Å². The van der Waals surface area contributed by atoms with Crippen molar-refractivity contribution >= 4 is 23.7 Å². The fourth-order valence-corrected chi connectivity index (χ4v) is 3.47. The van der Waals surface area contributed by atoms with Gasteiger partial charge in [-0.05, 0) is 20.4 Å². The van der Waals surface area contributed by atoms with Gasteiger partial charge in [0.1, 0.15) is 5.01 Å². The van der Waals surface area contributed by atoms with E-state index < -0.39 is 0 Å². The Hall–Kier alpha value is -0.940. The second-order valence-corrected chi connectivity index (χ2v) is 6.38. The first-order valence-corrected chi connectivity index (χ1v) is 8.03. The van der Waals surface area contributed by atoms with Crippen LogP contribution >= 0.6 is 23.7 Å². The summed E-state index contributed by atoms with van der Waals surface area (Å²) in [6.07, 6.45) is 1.24. The first kappa shape index (κ1) is 16.4. The number of hydrogen-bond donors (Lipinski definition) is 1. The number of likely N-dealkylation sites (N-methyl/N-ethyl adjacent to an activating group) is 1. The minimum Gasteiger partial charge on any atom is -0.316 e. The number of nitrogens with one attached hydrogen (secondary N) is 1. The van der Waals surface area contributed by atoms with Crippen LogP contribution in [0.3, 0.4) is 0 Å². The summed E-state index contributed by atoms with van der Waals surface area (Å²) < 4.78 is 0. The van der Waals surface area contributed by atoms with Crippen molar-refractivity contribution in [1.29, 1.82) is 0 Å². The maximum absolute atomic E-state index is 4.78. The molecule has 21 heavy (non-hydrogen) atoms. The Bertz CT molecular complexity index is 567. The first-order chi connectivity index (χ1) is 9.74. The summed E-state index contributed by atoms with van der Waals surface area (Å²) in [5.74, 6) is 0. The molecule has 1 N–H and O–H groups in total. The largest absolute Gasteiger partial charge is 0.316 e. The zero-order valence-corrected chi connectivity index (χ0v) is 14.1. The van der Waals surface area contributed by atoms with Crippen molar-refractivity contribution in [1.82, 2.24) is 15.2 Å². The second-order valence-electron chi connectivity index (χ2n) is 5.52. The molecule has 0 bridgehead atoms. The molecule has 1 aromatic heterocycles. The van der Waals surface area contributed by atoms with Gasteiger partial charge in [0, 0.05) is 36.6 Å². The van der Waals surface area contributed by atoms with Gasteiger partial charge in [-0.15, -0.1) is 23.7 Å². The van der Waals surface area contributed by atoms with Crippen LogP contribution in [0.25, 0.3) is 10.6 Å². The predicted octanol–water partition coefficient (Wildman–Crippen LogP) is 3.33. The van der Waals surface area contributed by atoms with Crippen molar-refractivity contribution in [3.63, 3.8) is 0 Å². The Kier molecular flexibility index (Phi) is 5.76. The summed E-state index contributed by atoms with van der Waals surface area (Å²) in [6, 6.07) is 9.25. The number of nitrogens with zero attached hydrogens (tertiary/aromatic N) is 2. The molecule has 0 saturated carbocycles. The van der Waals surface area contributed by atoms with Crippen molar-refractivity contribution < 1.29 is 0 Å². The van der Waals surface area contributed by atoms with Gasteiger partial charge in [0.25, 0.3) is 0 Å². The molecule has 3 nitrogen and oxygen atoms in total. The molecule has 1 saturated heterocycles. The van der Waals surface area contributed by atoms with Gasteiger partial charge >= 0.3 is 0 Å². The molecule has 0 amide bonds. The molecular formula is C16H22ClN3S. The lowest BCUT2D eigenvalue weighted by atomic mass is 10.2. The van der Waals surface area contributed by atoms with E-state index in [0.29, 0.717) is 6.04 Å². The molecule has 2 heterocycles. The van der Waals surface area contributed by atoms with E-state index in [1.54, 1.807) is 11.3 Å². The summed E-state index contributed by atoms with van der Waals surface area (Å²) in [5, 5.41) is 6.68. The molecule has 0 aliphatic carbocycles. The van der Waals surface area contributed by atoms with Crippen molar-refractivity contribution in [3.05, 3.63) is 40.9 Å². The standard InChI is InChI=1S/C16H21N3S.ClH/c1-12-3-5-13(6-4-12)16-18-15(11-20-16)10-19-8-7-14(9-19)17-2;/h3-6,11,14,17H,7-10H2,1-2H3;1H. The summed E-state index contributed by atoms with van der Waals surface area (Å²) in [4.78, 5) is 7.26. The van der Waals surface area contributed by atoms with Gasteiger partial charge in [0.2, 0.25) is 0 Å². The number of aromatic nitrogens is 1. The minimum absolute atomic E-state index is 0. The monoisotopic (exact) mass is 323 g/mol. The number of halogens is 1. The summed E-state index contributed by atoms with van der Waals surface area (Å²) >= 11 is 1.75. The van der Waals surface area contributed by atoms with Crippen LogP contribution in [0.4, 0.5) is 0 Å². The minimum atomic E-state index is 0. The van der Waals surface area contributed by atoms with Crippen LogP contribution < -0.4 is 5.32 Å². The highest BCUT2D eigenvalue weighted by Gasteiger charge is 2.21. The van der Waals surface area contributed by atoms with Crippen LogP contribution in [0.15, 0.2) is 29.6 Å². The lowest BCUT2D eigenvalue weighted by Crippen LogP contribution is -2.29. The molecule has 1 unspecified atom stereocenters. The highest BCUT2D eigenvalue weighted by atomic mass is 35.5. The van der Waals surface area contributed by atoms with E-state index in [1.165, 1.54) is 29.8 Å². The normalized spacial score (nSPS) is 18.7. The van der Waals surface area contributed by atoms with Gasteiger partial charge in [0.15, 0.2) is 0 Å². The number of likely N-dealkylation sites (tertiary alicyclic amines) is 1. The Balaban J connectivity index is 0.00000161. The fraction of sp³-hybridized carbons (Fsp3) is 0.438. The molecule has 1 aromatic carbocycles. The number of rotatable bonds is 4. The predicted molar refractivity (Wildman–Crippen MR) is 92.3 cm³/mol. The number of benzene rings is 1. The first-order valence-electron chi connectivity index (χ1n) is 7.15. The molecule has 1 fully saturated rings. The average molecular weight is 324 g/mol. The number of thiazole rings is 1. The van der Waals surface area contributed by atoms with Gasteiger partial charge in [-0.25, -0.2) is 4.98 Å². The van der Waals surface area contributed by atoms with E-state index in [0.717, 1.165) is 18.1 Å². The zero-order chi connectivity index (χ0) is 13.9. The van der Waals surface area contributed by atoms with Crippen LogP contribution in [0.2, 0.25) is 0 Å². The Labute approximate surface area is 136 Å². The third kappa shape index (κ3) is 4.04. The van der Waals surface area contributed by atoms with Crippen molar-refractivity contribution in [2.75, 3.05) is 20.1 Å². The Morgan fingerprint density at radius 3 is 2.76 bits per heavy atom. The van der Waals surface area contributed by atoms with Gasteiger partial charge in [-0.2, -0.15) is 0 Å². The van der Waals surface area contributed by atoms with Crippen molar-refractivity contribution in [2.45, 2.75) is 25.9 Å². The van der Waals surface area contributed by atoms with Crippen LogP contribution in [-0.2, 0) is 6.54 Å². The number of aryl methyl sites for hydroxylation is 1. The molecule has 1 aliphatic heterocycles. The van der Waals surface area contributed by atoms with Crippen LogP contribution in [0.5, 0.6) is 0 Å². The average Bonchev–Trinajstić information content (AvgIpc) is 3.09. The molecule has 0 radical (unpaired) electrons. The zero-order valence-electron chi connectivity index (χ0n) is 12.5. The Morgan fingerprint density at radius 1 is 1.33 bits per heavy atom. The van der Waals surface area contributed by atoms with Crippen LogP contribution in [0.1, 0.15) is 17.7 Å². The summed E-state index contributed by atoms with van der Waals surface area (Å²) in [6.45, 7) is 5.39. The molecule has 3 rings (SSSR count). The van der Waals surface area contributed by atoms with E-state index in [4.69, 9.17) is 4.98 Å². The molecule has 2 aromatic rings. The highest BCUT2D eigenvalue weighted by molar-refractivity contribution is 7.13. The topological polar surface area (TPSA) is 28.2 Å². The molecular weight excluding hydrogens is 302 g/mol. The van der Waals surface area contributed by atoms with Crippen molar-refractivity contribution in [3.8, 4) is 10.6 Å². The summed E-state index contributed by atoms with van der Waals surface area (Å²) in [7, 11) is 2.05. The highest BCUT2D eigenvalue weighted by Crippen LogP contribution is 2.25. The van der Waals surface area contributed by atoms with E-state index in [-0.39, 0.29) is 12.4 Å². The maximum atomic E-state index is 4.78. The van der Waals surface area contributed by atoms with E-state index in [9.17, 15) is 0 Å². The van der Waals surface area contributed by atoms with Gasteiger partial charge in [-0.3, -0.25) is 4.90 Å². The lowest BCUT2D eigenvalue weighted by molar-refractivity contribution is 0.319. The summed E-state index contributed by atoms with van der Waals surface area (Å²) in [5.41, 5.74) is 3.71. The SMILES string of the molecule is CNC1CCN(Cc2csc(-c3ccc(C)cc3)n2)C1.Cl. The van der Waals surface area contributed by atoms with E-state index in [1.807, 2.05) is 7.05 Å². The van der Waals surface area contributed by atoms with Gasteiger partial charge in [0.05, 0.1) is 5.69 Å². The number of hydrogen-bond acceptors (Lipinski definition) is 4. The quantitative estimate of drug-likeness (QED) is 0.935. The van der Waals surface area contributed by atoms with Crippen LogP contribution in [0, 0.1) is 6.92 Å². The maximum Gasteiger partial charge on any atom is 0.123 e. The van der Waals surface area contributed by atoms with E-state index >= 15 is 0 Å². The fourth-order valence-electron chi connectivity index (χ4n) is 2.65. The molecule has 1 atom stereocenters. The van der Waals surface area contributed by atoms with Crippen LogP contribution in [-0.4, -0.2) is 36.1 Å². The second kappa shape index (κ2) is 7.36. The lowest BCUT2D eigenvalue weighted by Gasteiger charge is -2.13. The Morgan fingerprint density at radius 2 is 2.10 bits per heavy atom. The molecule has 114 valence electrons. The van der Waals surface area contributed by atoms with E-state index in [2.05, 4.69) is 46.8 Å².